The van der Waals surface area contributed by atoms with Crippen molar-refractivity contribution in [1.29, 1.82) is 0 Å². The number of carbonyl (C=O) groups is 5. The summed E-state index contributed by atoms with van der Waals surface area (Å²) in [5, 5.41) is 0. The van der Waals surface area contributed by atoms with E-state index >= 15 is 0 Å². The number of piperidine rings is 1. The molecule has 1 atom stereocenters. The Balaban J connectivity index is 1.29. The maximum atomic E-state index is 13.1. The molecule has 2 heterocycles. The van der Waals surface area contributed by atoms with Gasteiger partial charge in [0.15, 0.2) is 12.4 Å². The predicted molar refractivity (Wildman–Crippen MR) is 137 cm³/mol. The summed E-state index contributed by atoms with van der Waals surface area (Å²) < 4.78 is 11.1. The molecule has 10 heteroatoms. The molecule has 2 fully saturated rings. The number of likely N-dealkylation sites (tertiary alicyclic amines) is 1. The van der Waals surface area contributed by atoms with Crippen LogP contribution in [0.2, 0.25) is 0 Å². The maximum Gasteiger partial charge on any atom is 0.338 e. The smallest absolute Gasteiger partial charge is 0.338 e. The zero-order valence-electron chi connectivity index (χ0n) is 20.4. The molecule has 0 aromatic heterocycles. The lowest BCUT2D eigenvalue weighted by atomic mass is 9.95. The SMILES string of the molecule is CCOC(=O)c1ccc(N2C(=O)C[C@H](N3CCC(C(=O)OCC(=O)c4ccc(Br)cc4)CC3)C2=O)cc1. The van der Waals surface area contributed by atoms with E-state index in [1.54, 1.807) is 43.3 Å². The van der Waals surface area contributed by atoms with Crippen molar-refractivity contribution in [2.45, 2.75) is 32.2 Å². The lowest BCUT2D eigenvalue weighted by Crippen LogP contribution is -2.47. The molecule has 0 radical (unpaired) electrons. The Labute approximate surface area is 222 Å². The number of amides is 2. The number of nitrogens with zero attached hydrogens (tertiary/aromatic N) is 2. The molecule has 2 aliphatic heterocycles. The summed E-state index contributed by atoms with van der Waals surface area (Å²) in [6.07, 6.45) is 0.990. The molecule has 0 spiro atoms. The Bertz CT molecular complexity index is 1190. The van der Waals surface area contributed by atoms with Gasteiger partial charge in [0.1, 0.15) is 0 Å². The van der Waals surface area contributed by atoms with Crippen LogP contribution in [0.15, 0.2) is 53.0 Å². The molecule has 2 aromatic carbocycles. The summed E-state index contributed by atoms with van der Waals surface area (Å²) in [7, 11) is 0. The third-order valence-electron chi connectivity index (χ3n) is 6.57. The molecule has 0 N–H and O–H groups in total. The second-order valence-electron chi connectivity index (χ2n) is 8.90. The summed E-state index contributed by atoms with van der Waals surface area (Å²) >= 11 is 3.31. The highest BCUT2D eigenvalue weighted by Gasteiger charge is 2.44. The van der Waals surface area contributed by atoms with E-state index in [9.17, 15) is 24.0 Å². The fourth-order valence-electron chi connectivity index (χ4n) is 4.55. The first-order chi connectivity index (χ1) is 17.8. The fourth-order valence-corrected chi connectivity index (χ4v) is 4.82. The molecule has 37 heavy (non-hydrogen) atoms. The number of ketones is 1. The number of esters is 2. The van der Waals surface area contributed by atoms with Crippen molar-refractivity contribution in [3.05, 3.63) is 64.1 Å². The van der Waals surface area contributed by atoms with Crippen LogP contribution in [0.3, 0.4) is 0 Å². The van der Waals surface area contributed by atoms with Gasteiger partial charge >= 0.3 is 11.9 Å². The van der Waals surface area contributed by atoms with Crippen LogP contribution in [0.5, 0.6) is 0 Å². The largest absolute Gasteiger partial charge is 0.462 e. The zero-order chi connectivity index (χ0) is 26.5. The predicted octanol–water partition coefficient (Wildman–Crippen LogP) is 3.40. The molecule has 2 aliphatic rings. The minimum atomic E-state index is -0.604. The normalized spacial score (nSPS) is 18.6. The van der Waals surface area contributed by atoms with E-state index in [0.29, 0.717) is 42.7 Å². The van der Waals surface area contributed by atoms with E-state index in [1.807, 2.05) is 4.90 Å². The second-order valence-corrected chi connectivity index (χ2v) is 9.82. The number of rotatable bonds is 8. The summed E-state index contributed by atoms with van der Waals surface area (Å²) in [6.45, 7) is 2.57. The quantitative estimate of drug-likeness (QED) is 0.270. The lowest BCUT2D eigenvalue weighted by molar-refractivity contribution is -0.149. The molecular weight excluding hydrogens is 544 g/mol. The van der Waals surface area contributed by atoms with Gasteiger partial charge in [-0.15, -0.1) is 0 Å². The number of ether oxygens (including phenoxy) is 2. The van der Waals surface area contributed by atoms with Crippen molar-refractivity contribution in [2.75, 3.05) is 31.2 Å². The molecule has 4 rings (SSSR count). The molecular formula is C27H27BrN2O7. The molecule has 0 saturated carbocycles. The standard InChI is InChI=1S/C27H27BrN2O7/c1-2-36-26(34)18-5-9-21(10-6-18)30-24(32)15-22(25(30)33)29-13-11-19(12-14-29)27(35)37-16-23(31)17-3-7-20(28)8-4-17/h3-10,19,22H,2,11-16H2,1H3/t22-/m0/s1. The number of anilines is 1. The van der Waals surface area contributed by atoms with Gasteiger partial charge in [-0.05, 0) is 69.3 Å². The Morgan fingerprint density at radius 3 is 2.16 bits per heavy atom. The fraction of sp³-hybridized carbons (Fsp3) is 0.370. The average Bonchev–Trinajstić information content (AvgIpc) is 3.21. The van der Waals surface area contributed by atoms with E-state index in [1.165, 1.54) is 12.1 Å². The third kappa shape index (κ3) is 6.14. The van der Waals surface area contributed by atoms with Gasteiger partial charge in [0.05, 0.1) is 36.2 Å². The average molecular weight is 571 g/mol. The Hall–Kier alpha value is -3.37. The van der Waals surface area contributed by atoms with Crippen LogP contribution in [0.1, 0.15) is 46.9 Å². The topological polar surface area (TPSA) is 110 Å². The number of carbonyl (C=O) groups excluding carboxylic acids is 5. The summed E-state index contributed by atoms with van der Waals surface area (Å²) in [4.78, 5) is 65.5. The van der Waals surface area contributed by atoms with Crippen LogP contribution in [0.25, 0.3) is 0 Å². The van der Waals surface area contributed by atoms with Crippen molar-refractivity contribution in [1.82, 2.24) is 4.90 Å². The van der Waals surface area contributed by atoms with Gasteiger partial charge in [-0.1, -0.05) is 28.1 Å². The Morgan fingerprint density at radius 2 is 1.54 bits per heavy atom. The van der Waals surface area contributed by atoms with Gasteiger partial charge in [-0.25, -0.2) is 9.69 Å². The van der Waals surface area contributed by atoms with Gasteiger partial charge in [0.25, 0.3) is 5.91 Å². The van der Waals surface area contributed by atoms with Crippen molar-refractivity contribution in [2.24, 2.45) is 5.92 Å². The third-order valence-corrected chi connectivity index (χ3v) is 7.10. The summed E-state index contributed by atoms with van der Waals surface area (Å²) in [6, 6.07) is 12.4. The van der Waals surface area contributed by atoms with Crippen molar-refractivity contribution in [3.63, 3.8) is 0 Å². The molecule has 9 nitrogen and oxygen atoms in total. The first kappa shape index (κ1) is 26.7. The van der Waals surface area contributed by atoms with Gasteiger partial charge in [0, 0.05) is 10.0 Å². The minimum absolute atomic E-state index is 0.0509. The number of benzene rings is 2. The minimum Gasteiger partial charge on any atom is -0.462 e. The molecule has 2 amide bonds. The van der Waals surface area contributed by atoms with Crippen LogP contribution < -0.4 is 4.90 Å². The van der Waals surface area contributed by atoms with Crippen molar-refractivity contribution < 1.29 is 33.4 Å². The van der Waals surface area contributed by atoms with E-state index < -0.39 is 18.0 Å². The van der Waals surface area contributed by atoms with Crippen LogP contribution in [-0.4, -0.2) is 66.8 Å². The highest BCUT2D eigenvalue weighted by molar-refractivity contribution is 9.10. The maximum absolute atomic E-state index is 13.1. The van der Waals surface area contributed by atoms with Crippen LogP contribution >= 0.6 is 15.9 Å². The molecule has 0 unspecified atom stereocenters. The van der Waals surface area contributed by atoms with Crippen LogP contribution in [0, 0.1) is 5.92 Å². The Morgan fingerprint density at radius 1 is 0.919 bits per heavy atom. The molecule has 0 bridgehead atoms. The van der Waals surface area contributed by atoms with Gasteiger partial charge in [0.2, 0.25) is 5.91 Å². The van der Waals surface area contributed by atoms with Crippen molar-refractivity contribution in [3.8, 4) is 0 Å². The molecule has 0 aliphatic carbocycles. The first-order valence-electron chi connectivity index (χ1n) is 12.1. The van der Waals surface area contributed by atoms with Gasteiger partial charge in [-0.3, -0.25) is 24.1 Å². The second kappa shape index (κ2) is 11.8. The number of hydrogen-bond donors (Lipinski definition) is 0. The van der Waals surface area contributed by atoms with Crippen LogP contribution in [0.4, 0.5) is 5.69 Å². The lowest BCUT2D eigenvalue weighted by Gasteiger charge is -2.33. The highest BCUT2D eigenvalue weighted by Crippen LogP contribution is 2.29. The number of halogens is 1. The summed E-state index contributed by atoms with van der Waals surface area (Å²) in [5.41, 5.74) is 1.21. The van der Waals surface area contributed by atoms with Crippen molar-refractivity contribution >= 4 is 51.2 Å². The van der Waals surface area contributed by atoms with E-state index in [2.05, 4.69) is 15.9 Å². The molecule has 194 valence electrons. The molecule has 2 aromatic rings. The van der Waals surface area contributed by atoms with E-state index in [4.69, 9.17) is 9.47 Å². The van der Waals surface area contributed by atoms with Gasteiger partial charge in [-0.2, -0.15) is 0 Å². The zero-order valence-corrected chi connectivity index (χ0v) is 21.9. The van der Waals surface area contributed by atoms with Crippen LogP contribution in [-0.2, 0) is 23.9 Å². The number of imide groups is 1. The Kier molecular flexibility index (Phi) is 8.50. The number of Topliss-reactive ketones (excluding diaryl/α,β-unsaturated/α-hetero) is 1. The number of hydrogen-bond acceptors (Lipinski definition) is 8. The highest BCUT2D eigenvalue weighted by atomic mass is 79.9. The summed E-state index contributed by atoms with van der Waals surface area (Å²) in [5.74, 6) is -2.18. The van der Waals surface area contributed by atoms with Gasteiger partial charge < -0.3 is 9.47 Å². The monoisotopic (exact) mass is 570 g/mol. The van der Waals surface area contributed by atoms with E-state index in [-0.39, 0.29) is 43.2 Å². The molecule has 2 saturated heterocycles. The first-order valence-corrected chi connectivity index (χ1v) is 12.9. The van der Waals surface area contributed by atoms with E-state index in [0.717, 1.165) is 9.37 Å².